The molecule has 0 fully saturated rings. The van der Waals surface area contributed by atoms with Crippen LogP contribution >= 0.6 is 0 Å². The number of ketones is 1. The van der Waals surface area contributed by atoms with E-state index in [4.69, 9.17) is 0 Å². The summed E-state index contributed by atoms with van der Waals surface area (Å²) >= 11 is 0. The molecule has 0 saturated carbocycles. The molecule has 7 nitrogen and oxygen atoms in total. The van der Waals surface area contributed by atoms with Gasteiger partial charge in [-0.25, -0.2) is 9.78 Å². The number of hydrogen-bond acceptors (Lipinski definition) is 5. The summed E-state index contributed by atoms with van der Waals surface area (Å²) in [4.78, 5) is 44.4. The van der Waals surface area contributed by atoms with E-state index in [0.29, 0.717) is 6.42 Å². The van der Waals surface area contributed by atoms with Gasteiger partial charge in [0, 0.05) is 24.7 Å². The largest absolute Gasteiger partial charge is 0.480 e. The summed E-state index contributed by atoms with van der Waals surface area (Å²) in [5.74, 6) is -2.49. The number of aromatic nitrogens is 2. The van der Waals surface area contributed by atoms with Crippen molar-refractivity contribution in [3.05, 3.63) is 24.3 Å². The van der Waals surface area contributed by atoms with Crippen molar-refractivity contribution in [2.75, 3.05) is 0 Å². The van der Waals surface area contributed by atoms with Gasteiger partial charge in [-0.05, 0) is 11.3 Å². The molecule has 25 heavy (non-hydrogen) atoms. The van der Waals surface area contributed by atoms with Crippen molar-refractivity contribution >= 4 is 17.7 Å². The Morgan fingerprint density at radius 1 is 1.24 bits per heavy atom. The maximum absolute atomic E-state index is 12.7. The van der Waals surface area contributed by atoms with E-state index in [2.05, 4.69) is 15.3 Å². The summed E-state index contributed by atoms with van der Waals surface area (Å²) in [5, 5.41) is 12.0. The SMILES string of the molecule is CCC(C)[C@H](CC(=O)c1cnccn1)C(=O)N[C@H](C(=O)O)C(C)(C)C. The summed E-state index contributed by atoms with van der Waals surface area (Å²) < 4.78 is 0. The minimum Gasteiger partial charge on any atom is -0.480 e. The van der Waals surface area contributed by atoms with E-state index in [1.165, 1.54) is 18.6 Å². The Balaban J connectivity index is 2.96. The van der Waals surface area contributed by atoms with Crippen molar-refractivity contribution in [3.63, 3.8) is 0 Å². The van der Waals surface area contributed by atoms with Gasteiger partial charge in [0.05, 0.1) is 6.20 Å². The van der Waals surface area contributed by atoms with Crippen LogP contribution in [0, 0.1) is 17.3 Å². The van der Waals surface area contributed by atoms with E-state index in [1.807, 2.05) is 13.8 Å². The molecule has 0 bridgehead atoms. The second kappa shape index (κ2) is 8.69. The number of rotatable bonds is 8. The van der Waals surface area contributed by atoms with Crippen LogP contribution in [0.3, 0.4) is 0 Å². The van der Waals surface area contributed by atoms with E-state index >= 15 is 0 Å². The summed E-state index contributed by atoms with van der Waals surface area (Å²) in [6.45, 7) is 9.04. The van der Waals surface area contributed by atoms with Gasteiger partial charge in [-0.3, -0.25) is 14.6 Å². The lowest BCUT2D eigenvalue weighted by Crippen LogP contribution is -2.51. The third-order valence-corrected chi connectivity index (χ3v) is 4.32. The fourth-order valence-corrected chi connectivity index (χ4v) is 2.48. The molecule has 0 aromatic carbocycles. The molecule has 0 spiro atoms. The predicted octanol–water partition coefficient (Wildman–Crippen LogP) is 2.33. The number of Topliss-reactive ketones (excluding diaryl/α,β-unsaturated/α-hetero) is 1. The van der Waals surface area contributed by atoms with Gasteiger partial charge in [0.15, 0.2) is 5.78 Å². The zero-order chi connectivity index (χ0) is 19.2. The Morgan fingerprint density at radius 2 is 1.88 bits per heavy atom. The molecule has 7 heteroatoms. The molecule has 0 aliphatic rings. The normalized spacial score (nSPS) is 15.1. The molecule has 1 aromatic rings. The van der Waals surface area contributed by atoms with E-state index < -0.39 is 29.3 Å². The average Bonchev–Trinajstić information content (AvgIpc) is 2.55. The second-order valence-corrected chi connectivity index (χ2v) is 7.36. The van der Waals surface area contributed by atoms with Crippen LogP contribution in [0.2, 0.25) is 0 Å². The summed E-state index contributed by atoms with van der Waals surface area (Å²) in [7, 11) is 0. The number of carboxylic acids is 1. The number of hydrogen-bond donors (Lipinski definition) is 2. The third kappa shape index (κ3) is 5.92. The van der Waals surface area contributed by atoms with Crippen LogP contribution in [-0.4, -0.2) is 38.8 Å². The first-order valence-corrected chi connectivity index (χ1v) is 8.40. The van der Waals surface area contributed by atoms with Gasteiger partial charge in [-0.2, -0.15) is 0 Å². The molecule has 3 atom stereocenters. The van der Waals surface area contributed by atoms with Gasteiger partial charge in [0.1, 0.15) is 11.7 Å². The van der Waals surface area contributed by atoms with Crippen molar-refractivity contribution in [1.82, 2.24) is 15.3 Å². The van der Waals surface area contributed by atoms with Crippen LogP contribution in [0.1, 0.15) is 57.9 Å². The molecule has 1 amide bonds. The number of nitrogens with one attached hydrogen (secondary N) is 1. The Kier molecular flexibility index (Phi) is 7.21. The number of amides is 1. The van der Waals surface area contributed by atoms with Crippen molar-refractivity contribution < 1.29 is 19.5 Å². The highest BCUT2D eigenvalue weighted by Crippen LogP contribution is 2.24. The fourth-order valence-electron chi connectivity index (χ4n) is 2.48. The highest BCUT2D eigenvalue weighted by atomic mass is 16.4. The van der Waals surface area contributed by atoms with Crippen LogP contribution < -0.4 is 5.32 Å². The molecule has 0 radical (unpaired) electrons. The maximum Gasteiger partial charge on any atom is 0.326 e. The van der Waals surface area contributed by atoms with Crippen molar-refractivity contribution in [2.24, 2.45) is 17.3 Å². The van der Waals surface area contributed by atoms with E-state index in [9.17, 15) is 19.5 Å². The number of carboxylic acid groups (broad SMARTS) is 1. The fraction of sp³-hybridized carbons (Fsp3) is 0.611. The topological polar surface area (TPSA) is 109 Å². The van der Waals surface area contributed by atoms with Crippen molar-refractivity contribution in [3.8, 4) is 0 Å². The Hall–Kier alpha value is -2.31. The van der Waals surface area contributed by atoms with Crippen LogP contribution in [0.15, 0.2) is 18.6 Å². The monoisotopic (exact) mass is 349 g/mol. The maximum atomic E-state index is 12.7. The lowest BCUT2D eigenvalue weighted by Gasteiger charge is -2.30. The van der Waals surface area contributed by atoms with E-state index in [0.717, 1.165) is 0 Å². The van der Waals surface area contributed by atoms with E-state index in [-0.39, 0.29) is 23.8 Å². The molecular weight excluding hydrogens is 322 g/mol. The van der Waals surface area contributed by atoms with Crippen molar-refractivity contribution in [1.29, 1.82) is 0 Å². The molecule has 2 N–H and O–H groups in total. The van der Waals surface area contributed by atoms with Gasteiger partial charge in [-0.15, -0.1) is 0 Å². The Morgan fingerprint density at radius 3 is 2.32 bits per heavy atom. The minimum absolute atomic E-state index is 0.0317. The lowest BCUT2D eigenvalue weighted by atomic mass is 9.83. The molecule has 1 rings (SSSR count). The Labute approximate surface area is 148 Å². The zero-order valence-corrected chi connectivity index (χ0v) is 15.4. The second-order valence-electron chi connectivity index (χ2n) is 7.36. The highest BCUT2D eigenvalue weighted by Gasteiger charge is 2.36. The standard InChI is InChI=1S/C18H27N3O4/c1-6-11(2)12(9-14(22)13-10-19-7-8-20-13)16(23)21-15(17(24)25)18(3,4)5/h7-8,10-12,15H,6,9H2,1-5H3,(H,21,23)(H,24,25)/t11?,12-,15+/m0/s1. The van der Waals surface area contributed by atoms with Gasteiger partial charge in [-0.1, -0.05) is 41.0 Å². The van der Waals surface area contributed by atoms with Gasteiger partial charge in [0.2, 0.25) is 5.91 Å². The van der Waals surface area contributed by atoms with Gasteiger partial charge >= 0.3 is 5.97 Å². The number of aliphatic carboxylic acids is 1. The smallest absolute Gasteiger partial charge is 0.326 e. The van der Waals surface area contributed by atoms with Gasteiger partial charge < -0.3 is 10.4 Å². The van der Waals surface area contributed by atoms with Crippen LogP contribution in [0.5, 0.6) is 0 Å². The summed E-state index contributed by atoms with van der Waals surface area (Å²) in [6.07, 6.45) is 4.92. The molecule has 138 valence electrons. The summed E-state index contributed by atoms with van der Waals surface area (Å²) in [5.41, 5.74) is -0.439. The molecular formula is C18H27N3O4. The number of nitrogens with zero attached hydrogens (tertiary/aromatic N) is 2. The highest BCUT2D eigenvalue weighted by molar-refractivity contribution is 5.97. The van der Waals surface area contributed by atoms with E-state index in [1.54, 1.807) is 20.8 Å². The summed E-state index contributed by atoms with van der Waals surface area (Å²) in [6, 6.07) is -1.03. The molecule has 0 aliphatic carbocycles. The third-order valence-electron chi connectivity index (χ3n) is 4.32. The van der Waals surface area contributed by atoms with Gasteiger partial charge in [0.25, 0.3) is 0 Å². The molecule has 0 saturated heterocycles. The van der Waals surface area contributed by atoms with Crippen LogP contribution in [0.25, 0.3) is 0 Å². The molecule has 1 unspecified atom stereocenters. The van der Waals surface area contributed by atoms with Crippen molar-refractivity contribution in [2.45, 2.75) is 53.5 Å². The lowest BCUT2D eigenvalue weighted by molar-refractivity contribution is -0.145. The zero-order valence-electron chi connectivity index (χ0n) is 15.4. The molecule has 1 aromatic heterocycles. The van der Waals surface area contributed by atoms with Crippen LogP contribution in [0.4, 0.5) is 0 Å². The molecule has 0 aliphatic heterocycles. The predicted molar refractivity (Wildman–Crippen MR) is 92.9 cm³/mol. The van der Waals surface area contributed by atoms with Crippen LogP contribution in [-0.2, 0) is 9.59 Å². The quantitative estimate of drug-likeness (QED) is 0.697. The number of carbonyl (C=O) groups excluding carboxylic acids is 2. The first kappa shape index (κ1) is 20.7. The first-order chi connectivity index (χ1) is 11.6. The molecule has 1 heterocycles. The first-order valence-electron chi connectivity index (χ1n) is 8.40. The Bertz CT molecular complexity index is 610. The number of carbonyl (C=O) groups is 3. The minimum atomic E-state index is -1.09. The average molecular weight is 349 g/mol.